The molecular formula is C22H36N4O3. The van der Waals surface area contributed by atoms with Crippen LogP contribution in [0.4, 0.5) is 0 Å². The van der Waals surface area contributed by atoms with Gasteiger partial charge in [-0.25, -0.2) is 0 Å². The molecule has 1 saturated carbocycles. The summed E-state index contributed by atoms with van der Waals surface area (Å²) in [4.78, 5) is 17.4. The first-order chi connectivity index (χ1) is 14.1. The number of hydrogen-bond acceptors (Lipinski definition) is 4. The molecule has 162 valence electrons. The lowest BCUT2D eigenvalue weighted by Crippen LogP contribution is -2.38. The molecule has 1 aromatic rings. The van der Waals surface area contributed by atoms with Gasteiger partial charge < -0.3 is 25.0 Å². The van der Waals surface area contributed by atoms with E-state index in [-0.39, 0.29) is 12.5 Å². The zero-order valence-corrected chi connectivity index (χ0v) is 18.1. The number of carbonyl (C=O) groups excluding carboxylic acids is 1. The fourth-order valence-electron chi connectivity index (χ4n) is 3.23. The Labute approximate surface area is 174 Å². The number of hydrogen-bond donors (Lipinski definition) is 2. The van der Waals surface area contributed by atoms with Crippen molar-refractivity contribution in [3.8, 4) is 5.75 Å². The average molecular weight is 405 g/mol. The second-order valence-electron chi connectivity index (χ2n) is 7.56. The molecule has 1 aliphatic rings. The number of ether oxygens (including phenoxy) is 2. The molecule has 0 saturated heterocycles. The maximum absolute atomic E-state index is 11.7. The summed E-state index contributed by atoms with van der Waals surface area (Å²) in [6.07, 6.45) is 8.04. The number of amides is 1. The number of rotatable bonds is 9. The third-order valence-corrected chi connectivity index (χ3v) is 4.99. The maximum atomic E-state index is 11.7. The third-order valence-electron chi connectivity index (χ3n) is 4.99. The van der Waals surface area contributed by atoms with Crippen LogP contribution in [0.3, 0.4) is 0 Å². The second-order valence-corrected chi connectivity index (χ2v) is 7.56. The zero-order chi connectivity index (χ0) is 20.9. The Morgan fingerprint density at radius 3 is 2.62 bits per heavy atom. The summed E-state index contributed by atoms with van der Waals surface area (Å²) in [5.74, 6) is 1.35. The minimum Gasteiger partial charge on any atom is -0.484 e. The van der Waals surface area contributed by atoms with Crippen LogP contribution in [0.1, 0.15) is 44.1 Å². The van der Waals surface area contributed by atoms with Crippen molar-refractivity contribution in [2.75, 3.05) is 40.9 Å². The van der Waals surface area contributed by atoms with Gasteiger partial charge in [-0.3, -0.25) is 9.79 Å². The molecule has 0 unspecified atom stereocenters. The molecule has 1 aliphatic carbocycles. The minimum absolute atomic E-state index is 0.0358. The highest BCUT2D eigenvalue weighted by molar-refractivity contribution is 5.79. The van der Waals surface area contributed by atoms with E-state index in [9.17, 15) is 4.79 Å². The highest BCUT2D eigenvalue weighted by Crippen LogP contribution is 2.19. The van der Waals surface area contributed by atoms with Crippen molar-refractivity contribution in [3.05, 3.63) is 29.8 Å². The van der Waals surface area contributed by atoms with Crippen LogP contribution in [0.2, 0.25) is 0 Å². The Balaban J connectivity index is 1.69. The first kappa shape index (κ1) is 23.0. The van der Waals surface area contributed by atoms with E-state index < -0.39 is 0 Å². The van der Waals surface area contributed by atoms with E-state index in [0.717, 1.165) is 18.1 Å². The maximum Gasteiger partial charge on any atom is 0.259 e. The normalized spacial score (nSPS) is 15.5. The number of benzene rings is 1. The molecule has 1 amide bonds. The molecule has 1 aromatic carbocycles. The van der Waals surface area contributed by atoms with Gasteiger partial charge >= 0.3 is 0 Å². The summed E-state index contributed by atoms with van der Waals surface area (Å²) in [6.45, 7) is 2.07. The fraction of sp³-hybridized carbons (Fsp3) is 0.636. The monoisotopic (exact) mass is 404 g/mol. The lowest BCUT2D eigenvalue weighted by molar-refractivity contribution is -0.130. The molecule has 0 bridgehead atoms. The van der Waals surface area contributed by atoms with Crippen LogP contribution in [0, 0.1) is 0 Å². The molecule has 0 aliphatic heterocycles. The van der Waals surface area contributed by atoms with Gasteiger partial charge in [0, 0.05) is 34.2 Å². The van der Waals surface area contributed by atoms with Crippen LogP contribution in [0.15, 0.2) is 29.3 Å². The van der Waals surface area contributed by atoms with Crippen LogP contribution >= 0.6 is 0 Å². The number of guanidine groups is 1. The van der Waals surface area contributed by atoms with Crippen molar-refractivity contribution >= 4 is 11.9 Å². The first-order valence-electron chi connectivity index (χ1n) is 10.6. The quantitative estimate of drug-likeness (QED) is 0.286. The highest BCUT2D eigenvalue weighted by Gasteiger charge is 2.12. The van der Waals surface area contributed by atoms with Crippen molar-refractivity contribution in [1.82, 2.24) is 15.5 Å². The standard InChI is InChI=1S/C22H36N4O3/c1-23-22(24-13-14-28-19-10-6-4-5-7-11-19)25-16-18-9-8-12-20(15-18)29-17-21(27)26(2)3/h8-9,12,15,19H,4-7,10-11,13-14,16-17H2,1-3H3,(H2,23,24,25). The minimum atomic E-state index is -0.0656. The number of nitrogens with one attached hydrogen (secondary N) is 2. The predicted octanol–water partition coefficient (Wildman–Crippen LogP) is 2.56. The summed E-state index contributed by atoms with van der Waals surface area (Å²) >= 11 is 0. The second kappa shape index (κ2) is 13.0. The van der Waals surface area contributed by atoms with Gasteiger partial charge in [0.1, 0.15) is 5.75 Å². The van der Waals surface area contributed by atoms with Gasteiger partial charge in [-0.05, 0) is 30.5 Å². The number of carbonyl (C=O) groups is 1. The molecule has 7 nitrogen and oxygen atoms in total. The van der Waals surface area contributed by atoms with Crippen molar-refractivity contribution in [1.29, 1.82) is 0 Å². The van der Waals surface area contributed by atoms with Crippen molar-refractivity contribution in [2.45, 2.75) is 51.2 Å². The van der Waals surface area contributed by atoms with E-state index in [0.29, 0.717) is 25.0 Å². The molecule has 29 heavy (non-hydrogen) atoms. The van der Waals surface area contributed by atoms with Gasteiger partial charge in [-0.2, -0.15) is 0 Å². The summed E-state index contributed by atoms with van der Waals surface area (Å²) < 4.78 is 11.6. The van der Waals surface area contributed by atoms with Crippen LogP contribution < -0.4 is 15.4 Å². The Hall–Kier alpha value is -2.28. The molecule has 0 heterocycles. The van der Waals surface area contributed by atoms with E-state index in [1.165, 1.54) is 43.4 Å². The SMILES string of the molecule is CN=C(NCCOC1CCCCCC1)NCc1cccc(OCC(=O)N(C)C)c1. The van der Waals surface area contributed by atoms with Crippen LogP contribution in [0.25, 0.3) is 0 Å². The number of likely N-dealkylation sites (N-methyl/N-ethyl adjacent to an activating group) is 1. The topological polar surface area (TPSA) is 75.2 Å². The van der Waals surface area contributed by atoms with Crippen molar-refractivity contribution in [2.24, 2.45) is 4.99 Å². The Bertz CT molecular complexity index is 641. The van der Waals surface area contributed by atoms with Crippen LogP contribution in [-0.4, -0.2) is 63.8 Å². The molecule has 0 aromatic heterocycles. The fourth-order valence-corrected chi connectivity index (χ4v) is 3.23. The summed E-state index contributed by atoms with van der Waals surface area (Å²) in [6, 6.07) is 7.71. The van der Waals surface area contributed by atoms with Crippen molar-refractivity contribution in [3.63, 3.8) is 0 Å². The largest absolute Gasteiger partial charge is 0.484 e. The van der Waals surface area contributed by atoms with Gasteiger partial charge in [0.25, 0.3) is 5.91 Å². The number of nitrogens with zero attached hydrogens (tertiary/aromatic N) is 2. The van der Waals surface area contributed by atoms with E-state index in [4.69, 9.17) is 9.47 Å². The van der Waals surface area contributed by atoms with Crippen molar-refractivity contribution < 1.29 is 14.3 Å². The molecule has 0 atom stereocenters. The summed E-state index contributed by atoms with van der Waals surface area (Å²) in [5.41, 5.74) is 1.05. The van der Waals surface area contributed by atoms with Crippen LogP contribution in [0.5, 0.6) is 5.75 Å². The van der Waals surface area contributed by atoms with E-state index in [1.54, 1.807) is 21.1 Å². The molecule has 0 radical (unpaired) electrons. The molecule has 2 N–H and O–H groups in total. The smallest absolute Gasteiger partial charge is 0.259 e. The Morgan fingerprint density at radius 1 is 1.17 bits per heavy atom. The summed E-state index contributed by atoms with van der Waals surface area (Å²) in [5, 5.41) is 6.59. The molecular weight excluding hydrogens is 368 g/mol. The van der Waals surface area contributed by atoms with E-state index in [1.807, 2.05) is 24.3 Å². The van der Waals surface area contributed by atoms with Gasteiger partial charge in [0.2, 0.25) is 0 Å². The Kier molecular flexibility index (Phi) is 10.3. The van der Waals surface area contributed by atoms with E-state index in [2.05, 4.69) is 15.6 Å². The first-order valence-corrected chi connectivity index (χ1v) is 10.6. The molecule has 2 rings (SSSR count). The Morgan fingerprint density at radius 2 is 1.93 bits per heavy atom. The number of aliphatic imine (C=N–C) groups is 1. The van der Waals surface area contributed by atoms with Gasteiger partial charge in [-0.1, -0.05) is 37.8 Å². The van der Waals surface area contributed by atoms with Crippen LogP contribution in [-0.2, 0) is 16.1 Å². The average Bonchev–Trinajstić information content (AvgIpc) is 3.00. The summed E-state index contributed by atoms with van der Waals surface area (Å²) in [7, 11) is 5.19. The van der Waals surface area contributed by atoms with Gasteiger partial charge in [0.15, 0.2) is 12.6 Å². The molecule has 0 spiro atoms. The lowest BCUT2D eigenvalue weighted by Gasteiger charge is -2.17. The van der Waals surface area contributed by atoms with Gasteiger partial charge in [0.05, 0.1) is 12.7 Å². The van der Waals surface area contributed by atoms with Gasteiger partial charge in [-0.15, -0.1) is 0 Å². The third kappa shape index (κ3) is 9.17. The highest BCUT2D eigenvalue weighted by atomic mass is 16.5. The lowest BCUT2D eigenvalue weighted by atomic mass is 10.1. The van der Waals surface area contributed by atoms with E-state index >= 15 is 0 Å². The molecule has 1 fully saturated rings. The predicted molar refractivity (Wildman–Crippen MR) is 116 cm³/mol. The zero-order valence-electron chi connectivity index (χ0n) is 18.1. The molecule has 7 heteroatoms.